The van der Waals surface area contributed by atoms with Gasteiger partial charge in [0.2, 0.25) is 0 Å². The number of carbonyl (C=O) groups is 1. The highest BCUT2D eigenvalue weighted by molar-refractivity contribution is 5.76. The summed E-state index contributed by atoms with van der Waals surface area (Å²) in [6.07, 6.45) is 1.13. The maximum absolute atomic E-state index is 10.9. The Hall–Kier alpha value is -1.51. The third-order valence-corrected chi connectivity index (χ3v) is 3.35. The van der Waals surface area contributed by atoms with Crippen LogP contribution in [-0.2, 0) is 17.6 Å². The molecule has 0 bridgehead atoms. The van der Waals surface area contributed by atoms with E-state index in [9.17, 15) is 4.79 Å². The second kappa shape index (κ2) is 4.40. The molecule has 1 aromatic rings. The summed E-state index contributed by atoms with van der Waals surface area (Å²) in [5.41, 5.74) is 3.37. The Morgan fingerprint density at radius 2 is 2.24 bits per heavy atom. The van der Waals surface area contributed by atoms with Crippen LogP contribution in [0.15, 0.2) is 18.2 Å². The first-order valence-electron chi connectivity index (χ1n) is 6.11. The van der Waals surface area contributed by atoms with E-state index >= 15 is 0 Å². The highest BCUT2D eigenvalue weighted by atomic mass is 16.4. The molecule has 17 heavy (non-hydrogen) atoms. The van der Waals surface area contributed by atoms with Crippen molar-refractivity contribution >= 4 is 11.7 Å². The second-order valence-corrected chi connectivity index (χ2v) is 5.05. The Morgan fingerprint density at radius 3 is 2.82 bits per heavy atom. The minimum absolute atomic E-state index is 0.110. The molecule has 1 N–H and O–H groups in total. The first kappa shape index (κ1) is 12.0. The van der Waals surface area contributed by atoms with Crippen molar-refractivity contribution in [1.29, 1.82) is 0 Å². The molecule has 1 aliphatic heterocycles. The van der Waals surface area contributed by atoms with Crippen molar-refractivity contribution in [2.45, 2.75) is 45.7 Å². The SMILES string of the molecule is CC(C)N1c2c(CC(=O)O)cccc2CC1C. The zero-order valence-electron chi connectivity index (χ0n) is 10.6. The summed E-state index contributed by atoms with van der Waals surface area (Å²) >= 11 is 0. The molecule has 0 fully saturated rings. The summed E-state index contributed by atoms with van der Waals surface area (Å²) in [6, 6.07) is 6.87. The number of hydrogen-bond donors (Lipinski definition) is 1. The maximum Gasteiger partial charge on any atom is 0.307 e. The lowest BCUT2D eigenvalue weighted by atomic mass is 10.0. The van der Waals surface area contributed by atoms with Crippen LogP contribution in [0.2, 0.25) is 0 Å². The van der Waals surface area contributed by atoms with Crippen molar-refractivity contribution in [1.82, 2.24) is 0 Å². The lowest BCUT2D eigenvalue weighted by Crippen LogP contribution is -2.36. The summed E-state index contributed by atoms with van der Waals surface area (Å²) in [4.78, 5) is 13.2. The van der Waals surface area contributed by atoms with Crippen molar-refractivity contribution in [2.24, 2.45) is 0 Å². The maximum atomic E-state index is 10.9. The molecule has 0 saturated carbocycles. The van der Waals surface area contributed by atoms with E-state index in [0.29, 0.717) is 12.1 Å². The van der Waals surface area contributed by atoms with Gasteiger partial charge in [-0.2, -0.15) is 0 Å². The van der Waals surface area contributed by atoms with Crippen LogP contribution in [0.5, 0.6) is 0 Å². The summed E-state index contributed by atoms with van der Waals surface area (Å²) < 4.78 is 0. The minimum Gasteiger partial charge on any atom is -0.481 e. The summed E-state index contributed by atoms with van der Waals surface area (Å²) in [5, 5.41) is 8.97. The second-order valence-electron chi connectivity index (χ2n) is 5.05. The predicted octanol–water partition coefficient (Wildman–Crippen LogP) is 2.47. The Kier molecular flexibility index (Phi) is 3.09. The fourth-order valence-electron chi connectivity index (χ4n) is 2.85. The third kappa shape index (κ3) is 2.14. The van der Waals surface area contributed by atoms with Gasteiger partial charge in [0.1, 0.15) is 0 Å². The monoisotopic (exact) mass is 233 g/mol. The van der Waals surface area contributed by atoms with Gasteiger partial charge in [0.15, 0.2) is 0 Å². The van der Waals surface area contributed by atoms with Gasteiger partial charge in [0.25, 0.3) is 0 Å². The van der Waals surface area contributed by atoms with Gasteiger partial charge >= 0.3 is 5.97 Å². The summed E-state index contributed by atoms with van der Waals surface area (Å²) in [5.74, 6) is -0.762. The molecular weight excluding hydrogens is 214 g/mol. The lowest BCUT2D eigenvalue weighted by molar-refractivity contribution is -0.136. The molecule has 2 rings (SSSR count). The van der Waals surface area contributed by atoms with Gasteiger partial charge < -0.3 is 10.0 Å². The van der Waals surface area contributed by atoms with Gasteiger partial charge in [-0.1, -0.05) is 18.2 Å². The number of anilines is 1. The number of carboxylic acid groups (broad SMARTS) is 1. The zero-order chi connectivity index (χ0) is 12.6. The average molecular weight is 233 g/mol. The average Bonchev–Trinajstić information content (AvgIpc) is 2.54. The van der Waals surface area contributed by atoms with E-state index in [0.717, 1.165) is 17.7 Å². The van der Waals surface area contributed by atoms with Crippen molar-refractivity contribution in [2.75, 3.05) is 4.90 Å². The highest BCUT2D eigenvalue weighted by Gasteiger charge is 2.30. The molecule has 0 spiro atoms. The molecule has 1 aromatic carbocycles. The van der Waals surface area contributed by atoms with Crippen molar-refractivity contribution < 1.29 is 9.90 Å². The van der Waals surface area contributed by atoms with Gasteiger partial charge in [-0.15, -0.1) is 0 Å². The van der Waals surface area contributed by atoms with Crippen LogP contribution in [0.1, 0.15) is 31.9 Å². The van der Waals surface area contributed by atoms with Crippen LogP contribution in [0.3, 0.4) is 0 Å². The number of benzene rings is 1. The zero-order valence-corrected chi connectivity index (χ0v) is 10.6. The van der Waals surface area contributed by atoms with Crippen molar-refractivity contribution in [3.8, 4) is 0 Å². The molecule has 1 heterocycles. The standard InChI is InChI=1S/C14H19NO2/c1-9(2)15-10(3)7-11-5-4-6-12(14(11)15)8-13(16)17/h4-6,9-10H,7-8H2,1-3H3,(H,16,17). The molecule has 3 heteroatoms. The molecular formula is C14H19NO2. The Balaban J connectivity index is 2.46. The molecule has 1 aliphatic rings. The lowest BCUT2D eigenvalue weighted by Gasteiger charge is -2.30. The van der Waals surface area contributed by atoms with E-state index in [2.05, 4.69) is 31.7 Å². The quantitative estimate of drug-likeness (QED) is 0.872. The van der Waals surface area contributed by atoms with Crippen molar-refractivity contribution in [3.63, 3.8) is 0 Å². The van der Waals surface area contributed by atoms with Crippen LogP contribution < -0.4 is 4.90 Å². The molecule has 0 amide bonds. The van der Waals surface area contributed by atoms with Crippen molar-refractivity contribution in [3.05, 3.63) is 29.3 Å². The van der Waals surface area contributed by atoms with E-state index < -0.39 is 5.97 Å². The number of rotatable bonds is 3. The van der Waals surface area contributed by atoms with E-state index in [1.807, 2.05) is 12.1 Å². The molecule has 0 aliphatic carbocycles. The Morgan fingerprint density at radius 1 is 1.53 bits per heavy atom. The fraction of sp³-hybridized carbons (Fsp3) is 0.500. The molecule has 0 radical (unpaired) electrons. The molecule has 0 aromatic heterocycles. The number of carboxylic acids is 1. The van der Waals surface area contributed by atoms with E-state index in [4.69, 9.17) is 5.11 Å². The Bertz CT molecular complexity index is 440. The summed E-state index contributed by atoms with van der Waals surface area (Å²) in [6.45, 7) is 6.51. The largest absolute Gasteiger partial charge is 0.481 e. The van der Waals surface area contributed by atoms with E-state index in [1.165, 1.54) is 5.56 Å². The summed E-state index contributed by atoms with van der Waals surface area (Å²) in [7, 11) is 0. The molecule has 0 saturated heterocycles. The van der Waals surface area contributed by atoms with E-state index in [1.54, 1.807) is 0 Å². The number of fused-ring (bicyclic) bond motifs is 1. The van der Waals surface area contributed by atoms with Crippen LogP contribution in [0, 0.1) is 0 Å². The third-order valence-electron chi connectivity index (χ3n) is 3.35. The van der Waals surface area contributed by atoms with Gasteiger partial charge in [0, 0.05) is 17.8 Å². The first-order chi connectivity index (χ1) is 8.00. The van der Waals surface area contributed by atoms with Crippen LogP contribution >= 0.6 is 0 Å². The molecule has 1 unspecified atom stereocenters. The molecule has 92 valence electrons. The first-order valence-corrected chi connectivity index (χ1v) is 6.11. The van der Waals surface area contributed by atoms with Gasteiger partial charge in [0.05, 0.1) is 6.42 Å². The van der Waals surface area contributed by atoms with Gasteiger partial charge in [-0.3, -0.25) is 4.79 Å². The minimum atomic E-state index is -0.762. The highest BCUT2D eigenvalue weighted by Crippen LogP contribution is 2.36. The van der Waals surface area contributed by atoms with Gasteiger partial charge in [-0.05, 0) is 38.3 Å². The van der Waals surface area contributed by atoms with Gasteiger partial charge in [-0.25, -0.2) is 0 Å². The topological polar surface area (TPSA) is 40.5 Å². The smallest absolute Gasteiger partial charge is 0.307 e. The Labute approximate surface area is 102 Å². The number of nitrogens with zero attached hydrogens (tertiary/aromatic N) is 1. The number of aliphatic carboxylic acids is 1. The molecule has 3 nitrogen and oxygen atoms in total. The van der Waals surface area contributed by atoms with Crippen LogP contribution in [0.4, 0.5) is 5.69 Å². The number of hydrogen-bond acceptors (Lipinski definition) is 2. The van der Waals surface area contributed by atoms with Crippen LogP contribution in [-0.4, -0.2) is 23.2 Å². The fourth-order valence-corrected chi connectivity index (χ4v) is 2.85. The van der Waals surface area contributed by atoms with Crippen LogP contribution in [0.25, 0.3) is 0 Å². The van der Waals surface area contributed by atoms with E-state index in [-0.39, 0.29) is 6.42 Å². The predicted molar refractivity (Wildman–Crippen MR) is 68.6 cm³/mol. The molecule has 1 atom stereocenters. The number of para-hydroxylation sites is 1. The normalized spacial score (nSPS) is 18.6.